The van der Waals surface area contributed by atoms with Gasteiger partial charge < -0.3 is 10.6 Å². The minimum atomic E-state index is -0.275. The first kappa shape index (κ1) is 21.1. The van der Waals surface area contributed by atoms with Crippen molar-refractivity contribution >= 4 is 23.0 Å². The molecule has 2 heterocycles. The van der Waals surface area contributed by atoms with Gasteiger partial charge in [0.15, 0.2) is 5.78 Å². The van der Waals surface area contributed by atoms with Gasteiger partial charge in [-0.3, -0.25) is 14.0 Å². The molecule has 7 nitrogen and oxygen atoms in total. The average Bonchev–Trinajstić information content (AvgIpc) is 3.12. The largest absolute Gasteiger partial charge is 0.382 e. The van der Waals surface area contributed by atoms with Crippen LogP contribution in [-0.4, -0.2) is 37.5 Å². The van der Waals surface area contributed by atoms with Crippen LogP contribution in [0.5, 0.6) is 0 Å². The highest BCUT2D eigenvalue weighted by atomic mass is 16.2. The molecule has 0 saturated carbocycles. The van der Waals surface area contributed by atoms with Crippen molar-refractivity contribution in [2.24, 2.45) is 0 Å². The minimum absolute atomic E-state index is 0.00158. The van der Waals surface area contributed by atoms with Crippen molar-refractivity contribution in [1.82, 2.24) is 19.3 Å². The SMILES string of the molecule is CC#CC(=O)N(CC)[C@@H](CC)c1nc(-c2ccc(C(C)=O)cc2)c2c(N)nccn12. The number of anilines is 1. The fourth-order valence-corrected chi connectivity index (χ4v) is 3.61. The molecule has 3 rings (SSSR count). The standard InChI is InChI=1S/C23H25N5O2/c1-5-8-19(30)27(7-3)18(6-2)23-26-20(21-22(24)25-13-14-28(21)23)17-11-9-16(10-12-17)15(4)29/h9-14,18H,6-7H2,1-4H3,(H2,24,25)/t18-/m0/s1. The molecule has 1 amide bonds. The van der Waals surface area contributed by atoms with Gasteiger partial charge in [-0.15, -0.1) is 0 Å². The number of nitrogens with two attached hydrogens (primary N) is 1. The van der Waals surface area contributed by atoms with Gasteiger partial charge in [0, 0.05) is 30.1 Å². The van der Waals surface area contributed by atoms with Crippen LogP contribution in [-0.2, 0) is 4.79 Å². The maximum absolute atomic E-state index is 12.6. The van der Waals surface area contributed by atoms with E-state index in [-0.39, 0.29) is 17.7 Å². The van der Waals surface area contributed by atoms with Gasteiger partial charge in [-0.25, -0.2) is 9.97 Å². The molecule has 0 saturated heterocycles. The Hall–Kier alpha value is -3.66. The normalized spacial score (nSPS) is 11.6. The number of imidazole rings is 1. The maximum atomic E-state index is 12.6. The molecule has 0 spiro atoms. The van der Waals surface area contributed by atoms with Crippen molar-refractivity contribution in [3.05, 3.63) is 48.0 Å². The number of ketones is 1. The Labute approximate surface area is 175 Å². The van der Waals surface area contributed by atoms with E-state index in [1.165, 1.54) is 6.92 Å². The molecule has 0 radical (unpaired) electrons. The van der Waals surface area contributed by atoms with Crippen LogP contribution in [0.25, 0.3) is 16.8 Å². The van der Waals surface area contributed by atoms with E-state index >= 15 is 0 Å². The van der Waals surface area contributed by atoms with Crippen LogP contribution in [0.2, 0.25) is 0 Å². The number of nitrogen functional groups attached to an aromatic ring is 1. The van der Waals surface area contributed by atoms with Crippen LogP contribution in [0, 0.1) is 11.8 Å². The summed E-state index contributed by atoms with van der Waals surface area (Å²) in [4.78, 5) is 35.0. The van der Waals surface area contributed by atoms with Gasteiger partial charge in [0.05, 0.1) is 6.04 Å². The summed E-state index contributed by atoms with van der Waals surface area (Å²) < 4.78 is 1.89. The van der Waals surface area contributed by atoms with Crippen molar-refractivity contribution in [3.8, 4) is 23.1 Å². The van der Waals surface area contributed by atoms with E-state index in [0.29, 0.717) is 41.4 Å². The van der Waals surface area contributed by atoms with Crippen molar-refractivity contribution in [2.75, 3.05) is 12.3 Å². The van der Waals surface area contributed by atoms with E-state index < -0.39 is 0 Å². The lowest BCUT2D eigenvalue weighted by atomic mass is 10.1. The molecule has 0 bridgehead atoms. The summed E-state index contributed by atoms with van der Waals surface area (Å²) in [5.74, 6) is 6.11. The summed E-state index contributed by atoms with van der Waals surface area (Å²) >= 11 is 0. The van der Waals surface area contributed by atoms with Crippen LogP contribution in [0.3, 0.4) is 0 Å². The monoisotopic (exact) mass is 403 g/mol. The predicted molar refractivity (Wildman–Crippen MR) is 117 cm³/mol. The summed E-state index contributed by atoms with van der Waals surface area (Å²) in [6.07, 6.45) is 4.08. The Kier molecular flexibility index (Phi) is 6.17. The number of fused-ring (bicyclic) bond motifs is 1. The van der Waals surface area contributed by atoms with Crippen LogP contribution in [0.1, 0.15) is 56.3 Å². The topological polar surface area (TPSA) is 93.6 Å². The number of hydrogen-bond donors (Lipinski definition) is 1. The lowest BCUT2D eigenvalue weighted by Crippen LogP contribution is -2.34. The van der Waals surface area contributed by atoms with Crippen LogP contribution >= 0.6 is 0 Å². The predicted octanol–water partition coefficient (Wildman–Crippen LogP) is 3.50. The fraction of sp³-hybridized carbons (Fsp3) is 0.304. The Morgan fingerprint density at radius 2 is 1.93 bits per heavy atom. The first-order valence-corrected chi connectivity index (χ1v) is 9.90. The summed E-state index contributed by atoms with van der Waals surface area (Å²) in [5, 5.41) is 0. The van der Waals surface area contributed by atoms with E-state index in [1.54, 1.807) is 36.4 Å². The molecular weight excluding hydrogens is 378 g/mol. The number of carbonyl (C=O) groups is 2. The number of Topliss-reactive ketones (excluding diaryl/α,β-unsaturated/α-hetero) is 1. The molecule has 1 aromatic carbocycles. The maximum Gasteiger partial charge on any atom is 0.299 e. The van der Waals surface area contributed by atoms with E-state index in [0.717, 1.165) is 5.56 Å². The van der Waals surface area contributed by atoms with Gasteiger partial charge in [-0.2, -0.15) is 0 Å². The van der Waals surface area contributed by atoms with Crippen LogP contribution in [0.4, 0.5) is 5.82 Å². The zero-order chi connectivity index (χ0) is 21.8. The van der Waals surface area contributed by atoms with Gasteiger partial charge in [-0.1, -0.05) is 37.1 Å². The van der Waals surface area contributed by atoms with Crippen molar-refractivity contribution in [1.29, 1.82) is 0 Å². The second-order valence-electron chi connectivity index (χ2n) is 6.87. The zero-order valence-electron chi connectivity index (χ0n) is 17.6. The van der Waals surface area contributed by atoms with Gasteiger partial charge >= 0.3 is 0 Å². The van der Waals surface area contributed by atoms with Gasteiger partial charge in [0.1, 0.15) is 22.9 Å². The summed E-state index contributed by atoms with van der Waals surface area (Å²) in [7, 11) is 0. The van der Waals surface area contributed by atoms with E-state index in [9.17, 15) is 9.59 Å². The quantitative estimate of drug-likeness (QED) is 0.502. The Morgan fingerprint density at radius 1 is 1.23 bits per heavy atom. The number of benzene rings is 1. The molecule has 0 aliphatic rings. The summed E-state index contributed by atoms with van der Waals surface area (Å²) in [6.45, 7) is 7.61. The molecular formula is C23H25N5O2. The van der Waals surface area contributed by atoms with E-state index in [4.69, 9.17) is 10.7 Å². The highest BCUT2D eigenvalue weighted by Crippen LogP contribution is 2.33. The van der Waals surface area contributed by atoms with Crippen LogP contribution in [0.15, 0.2) is 36.7 Å². The number of nitrogens with zero attached hydrogens (tertiary/aromatic N) is 4. The molecule has 0 fully saturated rings. The average molecular weight is 403 g/mol. The second-order valence-corrected chi connectivity index (χ2v) is 6.87. The van der Waals surface area contributed by atoms with Crippen molar-refractivity contribution < 1.29 is 9.59 Å². The number of rotatable bonds is 6. The molecule has 154 valence electrons. The third-order valence-electron chi connectivity index (χ3n) is 5.07. The zero-order valence-corrected chi connectivity index (χ0v) is 17.6. The van der Waals surface area contributed by atoms with Gasteiger partial charge in [0.25, 0.3) is 5.91 Å². The lowest BCUT2D eigenvalue weighted by molar-refractivity contribution is -0.127. The number of aromatic nitrogens is 3. The highest BCUT2D eigenvalue weighted by molar-refractivity contribution is 5.95. The van der Waals surface area contributed by atoms with Crippen molar-refractivity contribution in [3.63, 3.8) is 0 Å². The van der Waals surface area contributed by atoms with Gasteiger partial charge in [-0.05, 0) is 33.1 Å². The molecule has 2 aromatic heterocycles. The summed E-state index contributed by atoms with van der Waals surface area (Å²) in [6, 6.07) is 6.96. The molecule has 7 heteroatoms. The Balaban J connectivity index is 2.21. The lowest BCUT2D eigenvalue weighted by Gasteiger charge is -2.27. The molecule has 1 atom stereocenters. The third-order valence-corrected chi connectivity index (χ3v) is 5.07. The van der Waals surface area contributed by atoms with E-state index in [2.05, 4.69) is 16.8 Å². The van der Waals surface area contributed by atoms with Gasteiger partial charge in [0.2, 0.25) is 0 Å². The Morgan fingerprint density at radius 3 is 2.50 bits per heavy atom. The van der Waals surface area contributed by atoms with Crippen molar-refractivity contribution in [2.45, 2.75) is 40.2 Å². The molecule has 2 N–H and O–H groups in total. The molecule has 0 aliphatic carbocycles. The molecule has 30 heavy (non-hydrogen) atoms. The number of carbonyl (C=O) groups excluding carboxylic acids is 2. The van der Waals surface area contributed by atoms with Crippen LogP contribution < -0.4 is 5.73 Å². The minimum Gasteiger partial charge on any atom is -0.382 e. The second kappa shape index (κ2) is 8.78. The molecule has 0 aliphatic heterocycles. The first-order valence-electron chi connectivity index (χ1n) is 9.90. The fourth-order valence-electron chi connectivity index (χ4n) is 3.61. The number of hydrogen-bond acceptors (Lipinski definition) is 5. The summed E-state index contributed by atoms with van der Waals surface area (Å²) in [5.41, 5.74) is 8.99. The Bertz CT molecular complexity index is 1150. The molecule has 0 unspecified atom stereocenters. The third kappa shape index (κ3) is 3.77. The number of amides is 1. The highest BCUT2D eigenvalue weighted by Gasteiger charge is 2.27. The van der Waals surface area contributed by atoms with E-state index in [1.807, 2.05) is 30.4 Å². The molecule has 3 aromatic rings. The smallest absolute Gasteiger partial charge is 0.299 e. The first-order chi connectivity index (χ1) is 14.4.